The monoisotopic (exact) mass is 321 g/mol. The highest BCUT2D eigenvalue weighted by molar-refractivity contribution is 5.79. The van der Waals surface area contributed by atoms with Crippen LogP contribution in [0.5, 0.6) is 0 Å². The second-order valence-electron chi connectivity index (χ2n) is 8.37. The predicted octanol–water partition coefficient (Wildman–Crippen LogP) is 1.37. The highest BCUT2D eigenvalue weighted by Crippen LogP contribution is 2.55. The van der Waals surface area contributed by atoms with E-state index in [-0.39, 0.29) is 16.7 Å². The van der Waals surface area contributed by atoms with Gasteiger partial charge in [-0.05, 0) is 55.5 Å². The van der Waals surface area contributed by atoms with E-state index in [0.29, 0.717) is 24.9 Å². The lowest BCUT2D eigenvalue weighted by atomic mass is 9.56. The molecule has 2 spiro atoms. The van der Waals surface area contributed by atoms with Crippen molar-refractivity contribution in [2.24, 2.45) is 16.7 Å². The first-order chi connectivity index (χ1) is 10.9. The summed E-state index contributed by atoms with van der Waals surface area (Å²) in [6.45, 7) is 6.76. The number of hydrogen-bond donors (Lipinski definition) is 2. The van der Waals surface area contributed by atoms with E-state index in [1.165, 1.54) is 0 Å². The molecule has 0 aromatic heterocycles. The Bertz CT molecular complexity index is 529. The van der Waals surface area contributed by atoms with Crippen LogP contribution in [0.3, 0.4) is 0 Å². The fraction of sp³-hybridized carbons (Fsp3) is 0.882. The molecule has 6 heteroatoms. The van der Waals surface area contributed by atoms with Crippen molar-refractivity contribution in [2.75, 3.05) is 32.7 Å². The Morgan fingerprint density at radius 2 is 2.00 bits per heavy atom. The Labute approximate surface area is 137 Å². The van der Waals surface area contributed by atoms with Crippen LogP contribution in [0.1, 0.15) is 39.0 Å². The number of nitrogens with zero attached hydrogens (tertiary/aromatic N) is 2. The lowest BCUT2D eigenvalue weighted by Gasteiger charge is -2.57. The van der Waals surface area contributed by atoms with E-state index in [0.717, 1.165) is 51.9 Å². The first-order valence-corrected chi connectivity index (χ1v) is 8.92. The molecule has 3 atom stereocenters. The molecule has 4 aliphatic rings. The first-order valence-electron chi connectivity index (χ1n) is 8.92. The van der Waals surface area contributed by atoms with Crippen molar-refractivity contribution in [3.05, 3.63) is 0 Å². The Balaban J connectivity index is 1.34. The van der Waals surface area contributed by atoms with Crippen molar-refractivity contribution in [3.63, 3.8) is 0 Å². The van der Waals surface area contributed by atoms with Crippen LogP contribution in [0.15, 0.2) is 0 Å². The predicted molar refractivity (Wildman–Crippen MR) is 85.1 cm³/mol. The van der Waals surface area contributed by atoms with E-state index in [4.69, 9.17) is 0 Å². The standard InChI is InChI=1S/C17H27N3O3/c1-12-13(8-17(12)4-7-20(11-17)15(22)23)19-5-2-16(3-6-19)9-14(21)18-10-16/h12-13H,2-11H2,1H3,(H,18,21)(H,22,23). The van der Waals surface area contributed by atoms with Crippen molar-refractivity contribution in [3.8, 4) is 0 Å². The molecule has 0 aromatic rings. The molecular formula is C17H27N3O3. The van der Waals surface area contributed by atoms with Crippen LogP contribution in [-0.4, -0.2) is 65.7 Å². The van der Waals surface area contributed by atoms with Gasteiger partial charge in [0.25, 0.3) is 0 Å². The number of nitrogens with one attached hydrogen (secondary N) is 1. The van der Waals surface area contributed by atoms with Gasteiger partial charge >= 0.3 is 6.09 Å². The van der Waals surface area contributed by atoms with Crippen molar-refractivity contribution in [1.29, 1.82) is 0 Å². The summed E-state index contributed by atoms with van der Waals surface area (Å²) in [5, 5.41) is 12.2. The largest absolute Gasteiger partial charge is 0.465 e. The molecule has 4 rings (SSSR count). The Hall–Kier alpha value is -1.30. The molecule has 3 aliphatic heterocycles. The zero-order chi connectivity index (χ0) is 16.2. The number of carboxylic acid groups (broad SMARTS) is 1. The Kier molecular flexibility index (Phi) is 3.38. The van der Waals surface area contributed by atoms with Crippen molar-refractivity contribution < 1.29 is 14.7 Å². The molecule has 23 heavy (non-hydrogen) atoms. The van der Waals surface area contributed by atoms with Gasteiger partial charge in [0.15, 0.2) is 0 Å². The zero-order valence-electron chi connectivity index (χ0n) is 13.9. The van der Waals surface area contributed by atoms with E-state index in [1.807, 2.05) is 0 Å². The number of piperidine rings is 1. The molecule has 0 bridgehead atoms. The smallest absolute Gasteiger partial charge is 0.407 e. The van der Waals surface area contributed by atoms with E-state index in [9.17, 15) is 14.7 Å². The topological polar surface area (TPSA) is 72.9 Å². The van der Waals surface area contributed by atoms with Gasteiger partial charge in [0, 0.05) is 32.1 Å². The SMILES string of the molecule is CC1C(N2CCC3(CC2)CNC(=O)C3)CC12CCN(C(=O)O)C2. The van der Waals surface area contributed by atoms with Gasteiger partial charge in [0.2, 0.25) is 5.91 Å². The minimum absolute atomic E-state index is 0.214. The second kappa shape index (κ2) is 5.10. The average molecular weight is 321 g/mol. The minimum atomic E-state index is -0.768. The first kappa shape index (κ1) is 15.2. The molecule has 2 N–H and O–H groups in total. The molecule has 2 amide bonds. The normalized spacial score (nSPS) is 39.7. The van der Waals surface area contributed by atoms with Crippen LogP contribution in [0.4, 0.5) is 4.79 Å². The van der Waals surface area contributed by atoms with Gasteiger partial charge in [0.1, 0.15) is 0 Å². The summed E-state index contributed by atoms with van der Waals surface area (Å²) in [5.41, 5.74) is 0.439. The van der Waals surface area contributed by atoms with Crippen LogP contribution in [0, 0.1) is 16.7 Å². The van der Waals surface area contributed by atoms with Gasteiger partial charge in [-0.3, -0.25) is 4.79 Å². The van der Waals surface area contributed by atoms with Crippen molar-refractivity contribution >= 4 is 12.0 Å². The molecule has 0 aromatic carbocycles. The van der Waals surface area contributed by atoms with Gasteiger partial charge in [-0.25, -0.2) is 4.79 Å². The summed E-state index contributed by atoms with van der Waals surface area (Å²) < 4.78 is 0. The molecule has 6 nitrogen and oxygen atoms in total. The molecular weight excluding hydrogens is 294 g/mol. The Morgan fingerprint density at radius 3 is 2.52 bits per heavy atom. The summed E-state index contributed by atoms with van der Waals surface area (Å²) in [4.78, 5) is 26.9. The van der Waals surface area contributed by atoms with Gasteiger partial charge in [-0.2, -0.15) is 0 Å². The fourth-order valence-corrected chi connectivity index (χ4v) is 5.50. The highest BCUT2D eigenvalue weighted by atomic mass is 16.4. The van der Waals surface area contributed by atoms with Crippen LogP contribution >= 0.6 is 0 Å². The maximum atomic E-state index is 11.5. The second-order valence-corrected chi connectivity index (χ2v) is 8.37. The third kappa shape index (κ3) is 2.33. The van der Waals surface area contributed by atoms with E-state index in [1.54, 1.807) is 4.90 Å². The van der Waals surface area contributed by atoms with Crippen LogP contribution in [0.25, 0.3) is 0 Å². The van der Waals surface area contributed by atoms with Crippen molar-refractivity contribution in [1.82, 2.24) is 15.1 Å². The summed E-state index contributed by atoms with van der Waals surface area (Å²) in [6.07, 6.45) is 4.33. The third-order valence-corrected chi connectivity index (χ3v) is 7.34. The number of carbonyl (C=O) groups is 2. The van der Waals surface area contributed by atoms with E-state index < -0.39 is 6.09 Å². The van der Waals surface area contributed by atoms with Gasteiger partial charge < -0.3 is 20.2 Å². The molecule has 3 unspecified atom stereocenters. The lowest BCUT2D eigenvalue weighted by molar-refractivity contribution is -0.120. The molecule has 3 saturated heterocycles. The van der Waals surface area contributed by atoms with E-state index in [2.05, 4.69) is 17.1 Å². The molecule has 0 radical (unpaired) electrons. The minimum Gasteiger partial charge on any atom is -0.465 e. The number of rotatable bonds is 1. The number of carbonyl (C=O) groups excluding carboxylic acids is 1. The number of hydrogen-bond acceptors (Lipinski definition) is 3. The average Bonchev–Trinajstić information content (AvgIpc) is 3.13. The van der Waals surface area contributed by atoms with Gasteiger partial charge in [-0.15, -0.1) is 0 Å². The lowest BCUT2D eigenvalue weighted by Crippen LogP contribution is -2.61. The molecule has 1 saturated carbocycles. The summed E-state index contributed by atoms with van der Waals surface area (Å²) >= 11 is 0. The molecule has 1 aliphatic carbocycles. The van der Waals surface area contributed by atoms with Crippen LogP contribution in [0.2, 0.25) is 0 Å². The van der Waals surface area contributed by atoms with Crippen molar-refractivity contribution in [2.45, 2.75) is 45.1 Å². The summed E-state index contributed by atoms with van der Waals surface area (Å²) in [6, 6.07) is 0.603. The van der Waals surface area contributed by atoms with Gasteiger partial charge in [-0.1, -0.05) is 6.92 Å². The highest BCUT2D eigenvalue weighted by Gasteiger charge is 2.57. The maximum Gasteiger partial charge on any atom is 0.407 e. The van der Waals surface area contributed by atoms with Gasteiger partial charge in [0.05, 0.1) is 0 Å². The van der Waals surface area contributed by atoms with Crippen LogP contribution in [-0.2, 0) is 4.79 Å². The number of likely N-dealkylation sites (tertiary alicyclic amines) is 2. The maximum absolute atomic E-state index is 11.5. The third-order valence-electron chi connectivity index (χ3n) is 7.34. The Morgan fingerprint density at radius 1 is 1.26 bits per heavy atom. The zero-order valence-corrected chi connectivity index (χ0v) is 13.9. The molecule has 4 fully saturated rings. The van der Waals surface area contributed by atoms with E-state index >= 15 is 0 Å². The van der Waals surface area contributed by atoms with Crippen LogP contribution < -0.4 is 5.32 Å². The number of amides is 2. The summed E-state index contributed by atoms with van der Waals surface area (Å²) in [5.74, 6) is 0.790. The summed E-state index contributed by atoms with van der Waals surface area (Å²) in [7, 11) is 0. The molecule has 128 valence electrons. The fourth-order valence-electron chi connectivity index (χ4n) is 5.50. The quantitative estimate of drug-likeness (QED) is 0.765. The molecule has 3 heterocycles.